The molecule has 3 aliphatic carbocycles. The standard InChI is InChI=1S/C17H27NOSi.Ti/c1-10-7-14(8-11(10)2)17(16(18)19)13-6-5-12(9-13)15(17)20(3)4;/h7,12-13,15,20H,5-6,8-9H2,1-4H3,(H2,18,19);/q;+1/p-1. The van der Waals surface area contributed by atoms with Crippen molar-refractivity contribution in [3.05, 3.63) is 22.8 Å². The van der Waals surface area contributed by atoms with Gasteiger partial charge in [-0.1, -0.05) is 0 Å². The monoisotopic (exact) mass is 336 g/mol. The molecule has 2 bridgehead atoms. The molecule has 21 heavy (non-hydrogen) atoms. The number of carbonyl (C=O) groups is 1. The third-order valence-corrected chi connectivity index (χ3v) is 9.27. The summed E-state index contributed by atoms with van der Waals surface area (Å²) in [5, 5.41) is 0. The van der Waals surface area contributed by atoms with Gasteiger partial charge in [-0.3, -0.25) is 0 Å². The Morgan fingerprint density at radius 2 is 2.10 bits per heavy atom. The Morgan fingerprint density at radius 1 is 1.38 bits per heavy atom. The zero-order valence-corrected chi connectivity index (χ0v) is 16.3. The second-order valence-corrected chi connectivity index (χ2v) is 11.3. The van der Waals surface area contributed by atoms with Crippen molar-refractivity contribution in [1.82, 2.24) is 3.80 Å². The minimum atomic E-state index is -0.880. The van der Waals surface area contributed by atoms with Gasteiger partial charge in [0.25, 0.3) is 0 Å². The number of hydrogen-bond donors (Lipinski definition) is 1. The van der Waals surface area contributed by atoms with E-state index < -0.39 is 8.80 Å². The molecule has 2 saturated carbocycles. The van der Waals surface area contributed by atoms with Crippen molar-refractivity contribution in [3.8, 4) is 0 Å². The van der Waals surface area contributed by atoms with E-state index in [9.17, 15) is 4.79 Å². The SMILES string of the molecule is CC1=C(C)CC(C2(C(=O)[NH][Ti])C3CCC(C3)C2[SiH](C)C)=C1. The van der Waals surface area contributed by atoms with Gasteiger partial charge in [0.05, 0.1) is 0 Å². The van der Waals surface area contributed by atoms with Crippen molar-refractivity contribution in [2.75, 3.05) is 0 Å². The summed E-state index contributed by atoms with van der Waals surface area (Å²) in [6.45, 7) is 9.33. The van der Waals surface area contributed by atoms with Crippen LogP contribution < -0.4 is 3.80 Å². The molecule has 2 nitrogen and oxygen atoms in total. The molecule has 0 heterocycles. The summed E-state index contributed by atoms with van der Waals surface area (Å²) in [5.74, 6) is 1.71. The van der Waals surface area contributed by atoms with Crippen LogP contribution in [0, 0.1) is 17.3 Å². The van der Waals surface area contributed by atoms with Crippen molar-refractivity contribution >= 4 is 14.7 Å². The van der Waals surface area contributed by atoms with E-state index in [1.165, 1.54) is 36.0 Å². The number of hydrogen-bond acceptors (Lipinski definition) is 1. The van der Waals surface area contributed by atoms with Crippen LogP contribution in [0.1, 0.15) is 39.5 Å². The molecule has 1 amide bonds. The summed E-state index contributed by atoms with van der Waals surface area (Å²) in [4.78, 5) is 13.1. The van der Waals surface area contributed by atoms with E-state index in [0.717, 1.165) is 12.3 Å². The normalized spacial score (nSPS) is 38.3. The molecule has 4 unspecified atom stereocenters. The fourth-order valence-electron chi connectivity index (χ4n) is 5.66. The molecule has 4 atom stereocenters. The van der Waals surface area contributed by atoms with E-state index in [4.69, 9.17) is 0 Å². The summed E-state index contributed by atoms with van der Waals surface area (Å²) >= 11 is 1.83. The first-order valence-corrected chi connectivity index (χ1v) is 12.0. The number of fused-ring (bicyclic) bond motifs is 2. The summed E-state index contributed by atoms with van der Waals surface area (Å²) in [6.07, 6.45) is 7.29. The molecule has 113 valence electrons. The molecule has 0 aromatic heterocycles. The first kappa shape index (κ1) is 15.8. The van der Waals surface area contributed by atoms with E-state index in [1.54, 1.807) is 0 Å². The van der Waals surface area contributed by atoms with Crippen molar-refractivity contribution in [1.29, 1.82) is 0 Å². The van der Waals surface area contributed by atoms with Gasteiger partial charge in [-0.2, -0.15) is 0 Å². The van der Waals surface area contributed by atoms with E-state index in [-0.39, 0.29) is 5.41 Å². The molecular weight excluding hydrogens is 310 g/mol. The molecule has 1 N–H and O–H groups in total. The molecule has 0 radical (unpaired) electrons. The summed E-state index contributed by atoms with van der Waals surface area (Å²) < 4.78 is 3.05. The maximum atomic E-state index is 13.1. The second-order valence-electron chi connectivity index (χ2n) is 7.67. The van der Waals surface area contributed by atoms with E-state index in [0.29, 0.717) is 17.4 Å². The van der Waals surface area contributed by atoms with Crippen molar-refractivity contribution in [2.24, 2.45) is 17.3 Å². The maximum absolute atomic E-state index is 13.1. The Labute approximate surface area is 142 Å². The average molecular weight is 336 g/mol. The Hall–Kier alpha value is -0.119. The van der Waals surface area contributed by atoms with E-state index in [1.807, 2.05) is 20.7 Å². The minimum absolute atomic E-state index is 0.170. The van der Waals surface area contributed by atoms with Gasteiger partial charge in [0.15, 0.2) is 0 Å². The molecule has 0 aliphatic heterocycles. The Bertz CT molecular complexity index is 539. The second kappa shape index (κ2) is 5.51. The Kier molecular flexibility index (Phi) is 4.13. The van der Waals surface area contributed by atoms with Crippen molar-refractivity contribution < 1.29 is 25.5 Å². The third-order valence-electron chi connectivity index (χ3n) is 6.41. The molecule has 2 fully saturated rings. The zero-order chi connectivity index (χ0) is 15.4. The van der Waals surface area contributed by atoms with Gasteiger partial charge in [-0.25, -0.2) is 0 Å². The fraction of sp³-hybridized carbons (Fsp3) is 0.706. The Balaban J connectivity index is 2.10. The summed E-state index contributed by atoms with van der Waals surface area (Å²) in [7, 11) is -0.880. The Morgan fingerprint density at radius 3 is 2.62 bits per heavy atom. The number of rotatable bonds is 3. The van der Waals surface area contributed by atoms with Gasteiger partial charge in [-0.15, -0.1) is 0 Å². The molecule has 0 aromatic carbocycles. The number of carbonyl (C=O) groups excluding carboxylic acids is 1. The van der Waals surface area contributed by atoms with Crippen LogP contribution in [0.5, 0.6) is 0 Å². The van der Waals surface area contributed by atoms with Crippen LogP contribution in [0.25, 0.3) is 0 Å². The summed E-state index contributed by atoms with van der Waals surface area (Å²) in [6, 6.07) is 0. The number of amides is 1. The van der Waals surface area contributed by atoms with Crippen LogP contribution in [0.2, 0.25) is 18.6 Å². The molecule has 3 rings (SSSR count). The van der Waals surface area contributed by atoms with Crippen molar-refractivity contribution in [2.45, 2.75) is 58.2 Å². The fourth-order valence-corrected chi connectivity index (χ4v) is 9.11. The van der Waals surface area contributed by atoms with Crippen LogP contribution in [-0.2, 0) is 25.5 Å². The van der Waals surface area contributed by atoms with Gasteiger partial charge in [0.2, 0.25) is 0 Å². The van der Waals surface area contributed by atoms with Crippen LogP contribution in [0.3, 0.4) is 0 Å². The van der Waals surface area contributed by atoms with Gasteiger partial charge in [0, 0.05) is 0 Å². The van der Waals surface area contributed by atoms with Crippen molar-refractivity contribution in [3.63, 3.8) is 0 Å². The number of allylic oxidation sites excluding steroid dienone is 3. The molecule has 0 aromatic rings. The molecule has 0 saturated heterocycles. The van der Waals surface area contributed by atoms with E-state index >= 15 is 0 Å². The topological polar surface area (TPSA) is 29.1 Å². The van der Waals surface area contributed by atoms with Crippen LogP contribution in [-0.4, -0.2) is 14.7 Å². The molecule has 3 aliphatic rings. The molecule has 4 heteroatoms. The van der Waals surface area contributed by atoms with Crippen LogP contribution in [0.15, 0.2) is 22.8 Å². The third kappa shape index (κ3) is 2.11. The van der Waals surface area contributed by atoms with Gasteiger partial charge < -0.3 is 0 Å². The van der Waals surface area contributed by atoms with Crippen LogP contribution >= 0.6 is 0 Å². The summed E-state index contributed by atoms with van der Waals surface area (Å²) in [5.41, 5.74) is 4.77. The first-order valence-electron chi connectivity index (χ1n) is 8.27. The van der Waals surface area contributed by atoms with Gasteiger partial charge in [0.1, 0.15) is 0 Å². The average Bonchev–Trinajstić information content (AvgIpc) is 3.11. The predicted octanol–water partition coefficient (Wildman–Crippen LogP) is 3.50. The zero-order valence-electron chi connectivity index (χ0n) is 13.6. The van der Waals surface area contributed by atoms with Crippen LogP contribution in [0.4, 0.5) is 0 Å². The molecular formula is C17H26NOSiTi. The van der Waals surface area contributed by atoms with E-state index in [2.05, 4.69) is 36.8 Å². The van der Waals surface area contributed by atoms with Gasteiger partial charge in [-0.05, 0) is 0 Å². The number of nitrogens with one attached hydrogen (secondary N) is 1. The first-order chi connectivity index (χ1) is 9.92. The molecule has 0 spiro atoms. The predicted molar refractivity (Wildman–Crippen MR) is 85.1 cm³/mol. The quantitative estimate of drug-likeness (QED) is 0.785. The van der Waals surface area contributed by atoms with Gasteiger partial charge >= 0.3 is 142 Å².